The van der Waals surface area contributed by atoms with Gasteiger partial charge in [-0.15, -0.1) is 0 Å². The maximum atomic E-state index is 12.0. The molecule has 1 saturated heterocycles. The van der Waals surface area contributed by atoms with Gasteiger partial charge >= 0.3 is 0 Å². The van der Waals surface area contributed by atoms with Gasteiger partial charge in [0.05, 0.1) is 12.8 Å². The number of hydrogen-bond acceptors (Lipinski definition) is 3. The molecule has 1 aliphatic rings. The smallest absolute Gasteiger partial charge is 0.234 e. The van der Waals surface area contributed by atoms with Gasteiger partial charge < -0.3 is 4.74 Å². The molecule has 1 fully saturated rings. The van der Waals surface area contributed by atoms with E-state index in [1.165, 1.54) is 4.90 Å². The Kier molecular flexibility index (Phi) is 3.71. The van der Waals surface area contributed by atoms with Crippen LogP contribution in [0.5, 0.6) is 5.75 Å². The van der Waals surface area contributed by atoms with Gasteiger partial charge in [-0.3, -0.25) is 9.59 Å². The standard InChI is InChI=1S/C13H14BrNO3/c1-8-5-12(16)15(13(17)6-8)11-7-9(18-2)3-4-10(11)14/h3-4,7-8H,5-6H2,1-2H3. The molecular weight excluding hydrogens is 298 g/mol. The summed E-state index contributed by atoms with van der Waals surface area (Å²) in [7, 11) is 1.55. The van der Waals surface area contributed by atoms with Gasteiger partial charge in [0.2, 0.25) is 11.8 Å². The van der Waals surface area contributed by atoms with E-state index in [1.54, 1.807) is 25.3 Å². The number of hydrogen-bond donors (Lipinski definition) is 0. The monoisotopic (exact) mass is 311 g/mol. The second-order valence-electron chi connectivity index (χ2n) is 4.45. The van der Waals surface area contributed by atoms with Crippen molar-refractivity contribution in [2.45, 2.75) is 19.8 Å². The van der Waals surface area contributed by atoms with Crippen LogP contribution in [0.3, 0.4) is 0 Å². The number of rotatable bonds is 2. The fourth-order valence-corrected chi connectivity index (χ4v) is 2.47. The average molecular weight is 312 g/mol. The van der Waals surface area contributed by atoms with Gasteiger partial charge in [-0.05, 0) is 34.0 Å². The topological polar surface area (TPSA) is 46.6 Å². The van der Waals surface area contributed by atoms with E-state index in [2.05, 4.69) is 15.9 Å². The molecule has 0 bridgehead atoms. The molecule has 1 heterocycles. The predicted molar refractivity (Wildman–Crippen MR) is 71.6 cm³/mol. The molecule has 2 amide bonds. The molecule has 0 aliphatic carbocycles. The lowest BCUT2D eigenvalue weighted by Crippen LogP contribution is -2.43. The van der Waals surface area contributed by atoms with E-state index in [-0.39, 0.29) is 17.7 Å². The van der Waals surface area contributed by atoms with Gasteiger partial charge in [0, 0.05) is 23.4 Å². The molecule has 0 saturated carbocycles. The summed E-state index contributed by atoms with van der Waals surface area (Å²) in [6.45, 7) is 1.91. The lowest BCUT2D eigenvalue weighted by atomic mass is 9.97. The molecule has 1 aromatic carbocycles. The number of carbonyl (C=O) groups excluding carboxylic acids is 2. The van der Waals surface area contributed by atoms with Gasteiger partial charge in [-0.1, -0.05) is 6.92 Å². The van der Waals surface area contributed by atoms with E-state index >= 15 is 0 Å². The zero-order chi connectivity index (χ0) is 13.3. The third-order valence-electron chi connectivity index (χ3n) is 2.94. The Bertz CT molecular complexity index is 483. The van der Waals surface area contributed by atoms with E-state index in [0.29, 0.717) is 28.8 Å². The summed E-state index contributed by atoms with van der Waals surface area (Å²) in [5.41, 5.74) is 0.552. The van der Waals surface area contributed by atoms with Gasteiger partial charge in [-0.25, -0.2) is 4.90 Å². The van der Waals surface area contributed by atoms with Crippen molar-refractivity contribution in [2.75, 3.05) is 12.0 Å². The van der Waals surface area contributed by atoms with Crippen LogP contribution in [0.4, 0.5) is 5.69 Å². The van der Waals surface area contributed by atoms with Crippen LogP contribution in [0.25, 0.3) is 0 Å². The fourth-order valence-electron chi connectivity index (χ4n) is 2.05. The van der Waals surface area contributed by atoms with E-state index in [0.717, 1.165) is 0 Å². The maximum absolute atomic E-state index is 12.0. The summed E-state index contributed by atoms with van der Waals surface area (Å²) >= 11 is 3.36. The molecular formula is C13H14BrNO3. The molecule has 0 radical (unpaired) electrons. The van der Waals surface area contributed by atoms with Crippen LogP contribution < -0.4 is 9.64 Å². The second-order valence-corrected chi connectivity index (χ2v) is 5.31. The number of nitrogens with zero attached hydrogens (tertiary/aromatic N) is 1. The van der Waals surface area contributed by atoms with Crippen LogP contribution in [0.1, 0.15) is 19.8 Å². The number of ether oxygens (including phenoxy) is 1. The van der Waals surface area contributed by atoms with Gasteiger partial charge in [-0.2, -0.15) is 0 Å². The molecule has 0 aromatic heterocycles. The van der Waals surface area contributed by atoms with Gasteiger partial charge in [0.15, 0.2) is 0 Å². The minimum absolute atomic E-state index is 0.116. The number of anilines is 1. The van der Waals surface area contributed by atoms with E-state index in [9.17, 15) is 9.59 Å². The summed E-state index contributed by atoms with van der Waals surface area (Å²) < 4.78 is 5.83. The first-order valence-corrected chi connectivity index (χ1v) is 6.51. The average Bonchev–Trinajstić information content (AvgIpc) is 2.30. The number of carbonyl (C=O) groups is 2. The highest BCUT2D eigenvalue weighted by Crippen LogP contribution is 2.34. The fraction of sp³-hybridized carbons (Fsp3) is 0.385. The first-order valence-electron chi connectivity index (χ1n) is 5.72. The summed E-state index contributed by atoms with van der Waals surface area (Å²) in [4.78, 5) is 25.3. The van der Waals surface area contributed by atoms with Crippen molar-refractivity contribution >= 4 is 33.4 Å². The van der Waals surface area contributed by atoms with Crippen molar-refractivity contribution in [1.29, 1.82) is 0 Å². The summed E-state index contributed by atoms with van der Waals surface area (Å²) in [5, 5.41) is 0. The van der Waals surface area contributed by atoms with Crippen molar-refractivity contribution < 1.29 is 14.3 Å². The molecule has 2 rings (SSSR count). The second kappa shape index (κ2) is 5.10. The predicted octanol–water partition coefficient (Wildman–Crippen LogP) is 2.75. The molecule has 0 unspecified atom stereocenters. The zero-order valence-corrected chi connectivity index (χ0v) is 11.9. The Morgan fingerprint density at radius 2 is 1.89 bits per heavy atom. The first kappa shape index (κ1) is 13.1. The van der Waals surface area contributed by atoms with Crippen LogP contribution >= 0.6 is 15.9 Å². The molecule has 18 heavy (non-hydrogen) atoms. The normalized spacial score (nSPS) is 17.2. The lowest BCUT2D eigenvalue weighted by Gasteiger charge is -2.29. The third-order valence-corrected chi connectivity index (χ3v) is 3.61. The molecule has 1 aromatic rings. The first-order chi connectivity index (χ1) is 8.52. The summed E-state index contributed by atoms with van der Waals surface area (Å²) in [6, 6.07) is 5.23. The van der Waals surface area contributed by atoms with E-state index in [4.69, 9.17) is 4.74 Å². The minimum Gasteiger partial charge on any atom is -0.497 e. The SMILES string of the molecule is COc1ccc(Br)c(N2C(=O)CC(C)CC2=O)c1. The Balaban J connectivity index is 2.41. The summed E-state index contributed by atoms with van der Waals surface area (Å²) in [5.74, 6) is 0.415. The molecule has 1 aliphatic heterocycles. The zero-order valence-electron chi connectivity index (χ0n) is 10.3. The molecule has 4 nitrogen and oxygen atoms in total. The highest BCUT2D eigenvalue weighted by Gasteiger charge is 2.32. The van der Waals surface area contributed by atoms with Crippen molar-refractivity contribution in [3.05, 3.63) is 22.7 Å². The lowest BCUT2D eigenvalue weighted by molar-refractivity contribution is -0.130. The van der Waals surface area contributed by atoms with Gasteiger partial charge in [0.25, 0.3) is 0 Å². The van der Waals surface area contributed by atoms with Crippen molar-refractivity contribution in [1.82, 2.24) is 0 Å². The van der Waals surface area contributed by atoms with Gasteiger partial charge in [0.1, 0.15) is 5.75 Å². The molecule has 96 valence electrons. The number of amides is 2. The molecule has 0 atom stereocenters. The number of halogens is 1. The molecule has 0 spiro atoms. The minimum atomic E-state index is -0.160. The Labute approximate surface area is 114 Å². The number of methoxy groups -OCH3 is 1. The largest absolute Gasteiger partial charge is 0.497 e. The van der Waals surface area contributed by atoms with Crippen molar-refractivity contribution in [3.8, 4) is 5.75 Å². The molecule has 0 N–H and O–H groups in total. The Morgan fingerprint density at radius 1 is 1.28 bits per heavy atom. The highest BCUT2D eigenvalue weighted by atomic mass is 79.9. The van der Waals surface area contributed by atoms with Crippen LogP contribution in [0.2, 0.25) is 0 Å². The van der Waals surface area contributed by atoms with Crippen molar-refractivity contribution in [2.24, 2.45) is 5.92 Å². The van der Waals surface area contributed by atoms with Crippen LogP contribution in [0.15, 0.2) is 22.7 Å². The Morgan fingerprint density at radius 3 is 2.44 bits per heavy atom. The summed E-state index contributed by atoms with van der Waals surface area (Å²) in [6.07, 6.45) is 0.796. The number of benzene rings is 1. The third kappa shape index (κ3) is 2.41. The van der Waals surface area contributed by atoms with Crippen LogP contribution in [-0.2, 0) is 9.59 Å². The quantitative estimate of drug-likeness (QED) is 0.789. The number of imide groups is 1. The molecule has 5 heteroatoms. The van der Waals surface area contributed by atoms with Crippen LogP contribution in [-0.4, -0.2) is 18.9 Å². The Hall–Kier alpha value is -1.36. The van der Waals surface area contributed by atoms with Crippen LogP contribution in [0, 0.1) is 5.92 Å². The van der Waals surface area contributed by atoms with E-state index in [1.807, 2.05) is 6.92 Å². The highest BCUT2D eigenvalue weighted by molar-refractivity contribution is 9.10. The van der Waals surface area contributed by atoms with E-state index < -0.39 is 0 Å². The van der Waals surface area contributed by atoms with Crippen molar-refractivity contribution in [3.63, 3.8) is 0 Å². The maximum Gasteiger partial charge on any atom is 0.234 e. The number of piperidine rings is 1.